The van der Waals surface area contributed by atoms with E-state index in [0.29, 0.717) is 23.4 Å². The molecule has 0 fully saturated rings. The maximum Gasteiger partial charge on any atom is 0.229 e. The summed E-state index contributed by atoms with van der Waals surface area (Å²) < 4.78 is 5.21. The highest BCUT2D eigenvalue weighted by Crippen LogP contribution is 2.26. The van der Waals surface area contributed by atoms with Gasteiger partial charge in [0, 0.05) is 10.4 Å². The van der Waals surface area contributed by atoms with Gasteiger partial charge in [-0.25, -0.2) is 0 Å². The number of amidine groups is 1. The summed E-state index contributed by atoms with van der Waals surface area (Å²) in [5.74, 6) is 0.288. The molecular formula is C14H15N3O3S. The van der Waals surface area contributed by atoms with Gasteiger partial charge in [-0.2, -0.15) is 0 Å². The van der Waals surface area contributed by atoms with Crippen LogP contribution in [0.4, 0.5) is 5.69 Å². The van der Waals surface area contributed by atoms with Gasteiger partial charge in [-0.05, 0) is 29.6 Å². The Kier molecular flexibility index (Phi) is 4.78. The van der Waals surface area contributed by atoms with Crippen molar-refractivity contribution in [3.8, 4) is 5.75 Å². The average molecular weight is 305 g/mol. The number of anilines is 1. The lowest BCUT2D eigenvalue weighted by Gasteiger charge is -2.11. The monoisotopic (exact) mass is 305 g/mol. The smallest absolute Gasteiger partial charge is 0.229 e. The van der Waals surface area contributed by atoms with E-state index in [-0.39, 0.29) is 11.7 Å². The first-order valence-corrected chi connectivity index (χ1v) is 7.00. The summed E-state index contributed by atoms with van der Waals surface area (Å²) in [6, 6.07) is 8.69. The average Bonchev–Trinajstić information content (AvgIpc) is 2.99. The number of carbonyl (C=O) groups is 1. The van der Waals surface area contributed by atoms with Crippen molar-refractivity contribution >= 4 is 28.8 Å². The van der Waals surface area contributed by atoms with E-state index in [0.717, 1.165) is 4.88 Å². The summed E-state index contributed by atoms with van der Waals surface area (Å²) in [6.45, 7) is 0. The number of benzene rings is 1. The number of methoxy groups -OCH3 is 1. The van der Waals surface area contributed by atoms with Gasteiger partial charge < -0.3 is 21.0 Å². The predicted octanol–water partition coefficient (Wildman–Crippen LogP) is 2.03. The van der Waals surface area contributed by atoms with E-state index in [2.05, 4.69) is 10.5 Å². The van der Waals surface area contributed by atoms with Crippen molar-refractivity contribution in [2.45, 2.75) is 6.42 Å². The molecule has 1 amide bonds. The third-order valence-corrected chi connectivity index (χ3v) is 3.67. The van der Waals surface area contributed by atoms with E-state index in [9.17, 15) is 4.79 Å². The Balaban J connectivity index is 2.14. The molecule has 0 spiro atoms. The van der Waals surface area contributed by atoms with Gasteiger partial charge in [0.1, 0.15) is 5.75 Å². The highest BCUT2D eigenvalue weighted by atomic mass is 32.1. The van der Waals surface area contributed by atoms with Crippen LogP contribution in [0.15, 0.2) is 40.9 Å². The first kappa shape index (κ1) is 14.9. The number of ether oxygens (including phenoxy) is 1. The molecular weight excluding hydrogens is 290 g/mol. The van der Waals surface area contributed by atoms with E-state index in [1.54, 1.807) is 18.2 Å². The Morgan fingerprint density at radius 1 is 1.48 bits per heavy atom. The summed E-state index contributed by atoms with van der Waals surface area (Å²) in [6.07, 6.45) is 0.308. The fourth-order valence-corrected chi connectivity index (χ4v) is 2.48. The Morgan fingerprint density at radius 2 is 2.29 bits per heavy atom. The molecule has 2 aromatic rings. The van der Waals surface area contributed by atoms with Gasteiger partial charge >= 0.3 is 0 Å². The third kappa shape index (κ3) is 3.73. The van der Waals surface area contributed by atoms with Gasteiger partial charge in [0.2, 0.25) is 5.91 Å². The molecule has 0 aliphatic heterocycles. The number of nitrogens with two attached hydrogens (primary N) is 1. The van der Waals surface area contributed by atoms with Crippen molar-refractivity contribution in [1.29, 1.82) is 0 Å². The second-order valence-corrected chi connectivity index (χ2v) is 5.24. The van der Waals surface area contributed by atoms with Crippen molar-refractivity contribution in [3.05, 3.63) is 46.2 Å². The lowest BCUT2D eigenvalue weighted by molar-refractivity contribution is -0.115. The molecule has 1 aromatic carbocycles. The van der Waals surface area contributed by atoms with Gasteiger partial charge in [0.15, 0.2) is 5.84 Å². The van der Waals surface area contributed by atoms with Crippen molar-refractivity contribution in [3.63, 3.8) is 0 Å². The van der Waals surface area contributed by atoms with Crippen molar-refractivity contribution in [1.82, 2.24) is 0 Å². The van der Waals surface area contributed by atoms with Gasteiger partial charge in [-0.15, -0.1) is 11.3 Å². The molecule has 4 N–H and O–H groups in total. The van der Waals surface area contributed by atoms with Crippen LogP contribution in [-0.4, -0.2) is 24.1 Å². The molecule has 0 saturated heterocycles. The van der Waals surface area contributed by atoms with Crippen molar-refractivity contribution in [2.75, 3.05) is 12.4 Å². The van der Waals surface area contributed by atoms with Crippen LogP contribution in [0.2, 0.25) is 0 Å². The van der Waals surface area contributed by atoms with Crippen LogP contribution >= 0.6 is 11.3 Å². The van der Waals surface area contributed by atoms with Gasteiger partial charge in [-0.1, -0.05) is 11.2 Å². The number of oxime groups is 1. The number of carbonyl (C=O) groups excluding carboxylic acids is 1. The topological polar surface area (TPSA) is 96.9 Å². The van der Waals surface area contributed by atoms with E-state index in [4.69, 9.17) is 15.7 Å². The number of thiophene rings is 1. The van der Waals surface area contributed by atoms with Gasteiger partial charge in [0.25, 0.3) is 0 Å². The highest BCUT2D eigenvalue weighted by molar-refractivity contribution is 7.10. The minimum atomic E-state index is -0.132. The maximum atomic E-state index is 12.0. The molecule has 0 aliphatic rings. The summed E-state index contributed by atoms with van der Waals surface area (Å²) in [4.78, 5) is 13.0. The largest absolute Gasteiger partial charge is 0.495 e. The maximum absolute atomic E-state index is 12.0. The van der Waals surface area contributed by atoms with Gasteiger partial charge in [-0.3, -0.25) is 4.79 Å². The number of nitrogens with zero attached hydrogens (tertiary/aromatic N) is 1. The summed E-state index contributed by atoms with van der Waals surface area (Å²) >= 11 is 1.53. The van der Waals surface area contributed by atoms with E-state index < -0.39 is 0 Å². The van der Waals surface area contributed by atoms with E-state index in [1.165, 1.54) is 18.4 Å². The van der Waals surface area contributed by atoms with Crippen LogP contribution in [0.3, 0.4) is 0 Å². The van der Waals surface area contributed by atoms with E-state index >= 15 is 0 Å². The quantitative estimate of drug-likeness (QED) is 0.341. The van der Waals surface area contributed by atoms with Crippen LogP contribution in [0.25, 0.3) is 0 Å². The van der Waals surface area contributed by atoms with Gasteiger partial charge in [0.05, 0.1) is 19.2 Å². The molecule has 21 heavy (non-hydrogen) atoms. The van der Waals surface area contributed by atoms with Crippen LogP contribution in [0.5, 0.6) is 5.75 Å². The normalized spacial score (nSPS) is 11.2. The minimum Gasteiger partial charge on any atom is -0.495 e. The van der Waals surface area contributed by atoms with Crippen LogP contribution < -0.4 is 15.8 Å². The lowest BCUT2D eigenvalue weighted by atomic mass is 10.1. The fourth-order valence-electron chi connectivity index (χ4n) is 1.78. The third-order valence-electron chi connectivity index (χ3n) is 2.79. The lowest BCUT2D eigenvalue weighted by Crippen LogP contribution is -2.16. The number of hydrogen-bond acceptors (Lipinski definition) is 5. The predicted molar refractivity (Wildman–Crippen MR) is 82.2 cm³/mol. The van der Waals surface area contributed by atoms with Crippen molar-refractivity contribution < 1.29 is 14.7 Å². The van der Waals surface area contributed by atoms with Crippen molar-refractivity contribution in [2.24, 2.45) is 10.9 Å². The zero-order valence-corrected chi connectivity index (χ0v) is 12.2. The number of amides is 1. The molecule has 2 rings (SSSR count). The molecule has 7 heteroatoms. The Bertz CT molecular complexity index is 653. The summed E-state index contributed by atoms with van der Waals surface area (Å²) in [5.41, 5.74) is 6.56. The first-order chi connectivity index (χ1) is 10.1. The summed E-state index contributed by atoms with van der Waals surface area (Å²) in [5, 5.41) is 16.3. The molecule has 0 radical (unpaired) electrons. The number of nitrogens with one attached hydrogen (secondary N) is 1. The zero-order valence-electron chi connectivity index (χ0n) is 11.4. The Morgan fingerprint density at radius 3 is 2.90 bits per heavy atom. The number of hydrogen-bond donors (Lipinski definition) is 3. The Hall–Kier alpha value is -2.54. The fraction of sp³-hybridized carbons (Fsp3) is 0.143. The van der Waals surface area contributed by atoms with E-state index in [1.807, 2.05) is 17.5 Å². The zero-order chi connectivity index (χ0) is 15.2. The van der Waals surface area contributed by atoms with Crippen LogP contribution in [0.1, 0.15) is 10.4 Å². The molecule has 110 valence electrons. The molecule has 0 saturated carbocycles. The second kappa shape index (κ2) is 6.76. The molecule has 1 aromatic heterocycles. The molecule has 1 heterocycles. The summed E-state index contributed by atoms with van der Waals surface area (Å²) in [7, 11) is 1.49. The van der Waals surface area contributed by atoms with Crippen LogP contribution in [-0.2, 0) is 11.2 Å². The molecule has 0 aliphatic carbocycles. The first-order valence-electron chi connectivity index (χ1n) is 6.12. The molecule has 0 bridgehead atoms. The Labute approximate surface area is 125 Å². The standard InChI is InChI=1S/C14H15N3O3S/c1-20-12-7-9(14(15)17-19)4-5-11(12)16-13(18)8-10-3-2-6-21-10/h2-7,19H,8H2,1H3,(H2,15,17)(H,16,18). The molecule has 0 atom stereocenters. The van der Waals surface area contributed by atoms with Crippen LogP contribution in [0, 0.1) is 0 Å². The molecule has 6 nitrogen and oxygen atoms in total. The SMILES string of the molecule is COc1cc(/C(N)=N/O)ccc1NC(=O)Cc1cccs1. The minimum absolute atomic E-state index is 0.0234. The highest BCUT2D eigenvalue weighted by Gasteiger charge is 2.11. The number of rotatable bonds is 5. The second-order valence-electron chi connectivity index (χ2n) is 4.20. The molecule has 0 unspecified atom stereocenters.